The molecule has 5 nitrogen and oxygen atoms in total. The molecule has 23 heavy (non-hydrogen) atoms. The molecule has 3 rings (SSSR count). The van der Waals surface area contributed by atoms with Crippen molar-refractivity contribution < 1.29 is 9.53 Å². The van der Waals surface area contributed by atoms with E-state index in [0.717, 1.165) is 19.5 Å². The second kappa shape index (κ2) is 8.31. The van der Waals surface area contributed by atoms with Gasteiger partial charge in [0.05, 0.1) is 13.2 Å². The molecule has 0 aromatic heterocycles. The number of carbonyl (C=O) groups excluding carboxylic acids is 1. The molecule has 1 atom stereocenters. The van der Waals surface area contributed by atoms with E-state index < -0.39 is 0 Å². The summed E-state index contributed by atoms with van der Waals surface area (Å²) in [4.78, 5) is 16.7. The number of benzene rings is 1. The lowest BCUT2D eigenvalue weighted by molar-refractivity contribution is 0.0527. The maximum Gasteiger partial charge on any atom is 0.317 e. The Morgan fingerprint density at radius 2 is 1.78 bits per heavy atom. The van der Waals surface area contributed by atoms with Crippen molar-refractivity contribution in [3.05, 3.63) is 35.9 Å². The summed E-state index contributed by atoms with van der Waals surface area (Å²) in [5, 5.41) is 3.14. The first-order chi connectivity index (χ1) is 11.3. The lowest BCUT2D eigenvalue weighted by Crippen LogP contribution is -2.50. The number of likely N-dealkylation sites (tertiary alicyclic amines) is 1. The highest BCUT2D eigenvalue weighted by atomic mass is 16.5. The first kappa shape index (κ1) is 16.3. The number of morpholine rings is 1. The molecule has 0 aliphatic carbocycles. The molecule has 0 spiro atoms. The van der Waals surface area contributed by atoms with Crippen molar-refractivity contribution in [2.24, 2.45) is 0 Å². The average molecular weight is 317 g/mol. The number of carbonyl (C=O) groups is 1. The molecule has 1 aromatic rings. The van der Waals surface area contributed by atoms with Crippen molar-refractivity contribution in [1.29, 1.82) is 0 Å². The SMILES string of the molecule is O=C(NCC(Cc1ccccc1)N1CCCC1)N1CCOCC1. The van der Waals surface area contributed by atoms with Gasteiger partial charge in [-0.2, -0.15) is 0 Å². The molecule has 2 saturated heterocycles. The molecule has 1 unspecified atom stereocenters. The molecule has 2 aliphatic heterocycles. The van der Waals surface area contributed by atoms with Crippen LogP contribution in [0.2, 0.25) is 0 Å². The van der Waals surface area contributed by atoms with Crippen molar-refractivity contribution in [2.45, 2.75) is 25.3 Å². The third-order valence-electron chi connectivity index (χ3n) is 4.76. The molecule has 2 amide bonds. The highest BCUT2D eigenvalue weighted by Gasteiger charge is 2.24. The van der Waals surface area contributed by atoms with Crippen LogP contribution in [-0.2, 0) is 11.2 Å². The van der Waals surface area contributed by atoms with Crippen molar-refractivity contribution in [3.63, 3.8) is 0 Å². The normalized spacial score (nSPS) is 20.4. The summed E-state index contributed by atoms with van der Waals surface area (Å²) in [5.41, 5.74) is 1.34. The monoisotopic (exact) mass is 317 g/mol. The van der Waals surface area contributed by atoms with E-state index in [1.807, 2.05) is 4.90 Å². The van der Waals surface area contributed by atoms with Gasteiger partial charge in [0, 0.05) is 25.7 Å². The fourth-order valence-corrected chi connectivity index (χ4v) is 3.41. The molecule has 2 aliphatic rings. The number of ether oxygens (including phenoxy) is 1. The largest absolute Gasteiger partial charge is 0.378 e. The lowest BCUT2D eigenvalue weighted by Gasteiger charge is -2.31. The van der Waals surface area contributed by atoms with Gasteiger partial charge in [0.15, 0.2) is 0 Å². The molecule has 2 fully saturated rings. The summed E-state index contributed by atoms with van der Waals surface area (Å²) in [6.07, 6.45) is 3.52. The Morgan fingerprint density at radius 3 is 2.48 bits per heavy atom. The molecule has 5 heteroatoms. The lowest BCUT2D eigenvalue weighted by atomic mass is 10.0. The number of rotatable bonds is 5. The van der Waals surface area contributed by atoms with E-state index >= 15 is 0 Å². The topological polar surface area (TPSA) is 44.8 Å². The summed E-state index contributed by atoms with van der Waals surface area (Å²) < 4.78 is 5.31. The second-order valence-corrected chi connectivity index (χ2v) is 6.37. The number of amides is 2. The predicted molar refractivity (Wildman–Crippen MR) is 90.5 cm³/mol. The quantitative estimate of drug-likeness (QED) is 0.900. The van der Waals surface area contributed by atoms with Crippen LogP contribution in [0.3, 0.4) is 0 Å². The highest BCUT2D eigenvalue weighted by Crippen LogP contribution is 2.15. The van der Waals surface area contributed by atoms with Gasteiger partial charge in [-0.15, -0.1) is 0 Å². The van der Waals surface area contributed by atoms with Crippen LogP contribution in [-0.4, -0.2) is 67.8 Å². The first-order valence-corrected chi connectivity index (χ1v) is 8.71. The van der Waals surface area contributed by atoms with E-state index in [1.54, 1.807) is 0 Å². The molecule has 1 N–H and O–H groups in total. The van der Waals surface area contributed by atoms with E-state index in [1.165, 1.54) is 18.4 Å². The third-order valence-corrected chi connectivity index (χ3v) is 4.76. The van der Waals surface area contributed by atoms with Crippen LogP contribution in [0.25, 0.3) is 0 Å². The Hall–Kier alpha value is -1.59. The molecular formula is C18H27N3O2. The van der Waals surface area contributed by atoms with Gasteiger partial charge in [-0.05, 0) is 37.9 Å². The fraction of sp³-hybridized carbons (Fsp3) is 0.611. The molecule has 2 heterocycles. The standard InChI is InChI=1S/C18H27N3O2/c22-18(21-10-12-23-13-11-21)19-15-17(20-8-4-5-9-20)14-16-6-2-1-3-7-16/h1-3,6-7,17H,4-5,8-15H2,(H,19,22). The van der Waals surface area contributed by atoms with Gasteiger partial charge in [-0.3, -0.25) is 4.90 Å². The van der Waals surface area contributed by atoms with Crippen LogP contribution in [0, 0.1) is 0 Å². The van der Waals surface area contributed by atoms with Crippen LogP contribution in [0.5, 0.6) is 0 Å². The number of nitrogens with zero attached hydrogens (tertiary/aromatic N) is 2. The van der Waals surface area contributed by atoms with Crippen molar-refractivity contribution in [1.82, 2.24) is 15.1 Å². The Balaban J connectivity index is 1.55. The molecule has 1 aromatic carbocycles. The Morgan fingerprint density at radius 1 is 1.09 bits per heavy atom. The minimum atomic E-state index is 0.0468. The van der Waals surface area contributed by atoms with E-state index in [0.29, 0.717) is 38.9 Å². The molecular weight excluding hydrogens is 290 g/mol. The Labute approximate surface area is 138 Å². The summed E-state index contributed by atoms with van der Waals surface area (Å²) >= 11 is 0. The fourth-order valence-electron chi connectivity index (χ4n) is 3.41. The van der Waals surface area contributed by atoms with Crippen LogP contribution < -0.4 is 5.32 Å². The van der Waals surface area contributed by atoms with Gasteiger partial charge >= 0.3 is 6.03 Å². The first-order valence-electron chi connectivity index (χ1n) is 8.71. The van der Waals surface area contributed by atoms with Crippen LogP contribution >= 0.6 is 0 Å². The van der Waals surface area contributed by atoms with Gasteiger partial charge in [0.2, 0.25) is 0 Å². The van der Waals surface area contributed by atoms with E-state index in [9.17, 15) is 4.79 Å². The van der Waals surface area contributed by atoms with Crippen molar-refractivity contribution in [3.8, 4) is 0 Å². The van der Waals surface area contributed by atoms with Crippen LogP contribution in [0.4, 0.5) is 4.79 Å². The molecule has 0 saturated carbocycles. The van der Waals surface area contributed by atoms with Gasteiger partial charge in [0.1, 0.15) is 0 Å². The summed E-state index contributed by atoms with van der Waals surface area (Å²) in [6, 6.07) is 11.0. The van der Waals surface area contributed by atoms with Crippen molar-refractivity contribution in [2.75, 3.05) is 45.9 Å². The zero-order chi connectivity index (χ0) is 15.9. The van der Waals surface area contributed by atoms with Gasteiger partial charge in [0.25, 0.3) is 0 Å². The van der Waals surface area contributed by atoms with E-state index in [2.05, 4.69) is 40.5 Å². The number of hydrogen-bond acceptors (Lipinski definition) is 3. The molecule has 0 radical (unpaired) electrons. The van der Waals surface area contributed by atoms with E-state index in [4.69, 9.17) is 4.74 Å². The zero-order valence-corrected chi connectivity index (χ0v) is 13.7. The van der Waals surface area contributed by atoms with Gasteiger partial charge in [-0.25, -0.2) is 4.79 Å². The number of nitrogens with one attached hydrogen (secondary N) is 1. The smallest absolute Gasteiger partial charge is 0.317 e. The van der Waals surface area contributed by atoms with E-state index in [-0.39, 0.29) is 6.03 Å². The summed E-state index contributed by atoms with van der Waals surface area (Å²) in [6.45, 7) is 5.68. The number of hydrogen-bond donors (Lipinski definition) is 1. The summed E-state index contributed by atoms with van der Waals surface area (Å²) in [7, 11) is 0. The minimum Gasteiger partial charge on any atom is -0.378 e. The summed E-state index contributed by atoms with van der Waals surface area (Å²) in [5.74, 6) is 0. The minimum absolute atomic E-state index is 0.0468. The van der Waals surface area contributed by atoms with Crippen LogP contribution in [0.15, 0.2) is 30.3 Å². The third kappa shape index (κ3) is 4.69. The van der Waals surface area contributed by atoms with Gasteiger partial charge < -0.3 is 15.0 Å². The average Bonchev–Trinajstić information content (AvgIpc) is 3.14. The molecule has 126 valence electrons. The zero-order valence-electron chi connectivity index (χ0n) is 13.7. The van der Waals surface area contributed by atoms with Crippen molar-refractivity contribution >= 4 is 6.03 Å². The number of urea groups is 1. The second-order valence-electron chi connectivity index (χ2n) is 6.37. The predicted octanol–water partition coefficient (Wildman–Crippen LogP) is 1.74. The maximum atomic E-state index is 12.3. The van der Waals surface area contributed by atoms with Crippen LogP contribution in [0.1, 0.15) is 18.4 Å². The Bertz CT molecular complexity index is 482. The molecule has 0 bridgehead atoms. The highest BCUT2D eigenvalue weighted by molar-refractivity contribution is 5.74. The maximum absolute atomic E-state index is 12.3. The Kier molecular flexibility index (Phi) is 5.88. The van der Waals surface area contributed by atoms with Gasteiger partial charge in [-0.1, -0.05) is 30.3 Å².